The van der Waals surface area contributed by atoms with Crippen molar-refractivity contribution in [2.24, 2.45) is 5.10 Å². The highest BCUT2D eigenvalue weighted by Gasteiger charge is 2.14. The van der Waals surface area contributed by atoms with Crippen molar-refractivity contribution in [3.8, 4) is 11.3 Å². The zero-order valence-electron chi connectivity index (χ0n) is 15.9. The average molecular weight is 445 g/mol. The molecule has 0 radical (unpaired) electrons. The molecule has 2 amide bonds. The molecule has 0 unspecified atom stereocenters. The molecule has 2 aromatic carbocycles. The summed E-state index contributed by atoms with van der Waals surface area (Å²) < 4.78 is 18.7. The maximum Gasteiger partial charge on any atom is 0.329 e. The Labute approximate surface area is 179 Å². The van der Waals surface area contributed by atoms with E-state index in [1.54, 1.807) is 25.1 Å². The first kappa shape index (κ1) is 21.7. The number of furan rings is 1. The molecule has 0 spiro atoms. The SMILES string of the molecule is Cc1cc([N+](=O)[O-])ccc1-c1ccc(/C=N/NC(=O)C(=O)Nc2ccc(F)c(Cl)c2)o1. The van der Waals surface area contributed by atoms with Crippen LogP contribution in [-0.4, -0.2) is 23.0 Å². The topological polar surface area (TPSA) is 127 Å². The van der Waals surface area contributed by atoms with Crippen molar-refractivity contribution < 1.29 is 23.3 Å². The molecule has 158 valence electrons. The number of anilines is 1. The highest BCUT2D eigenvalue weighted by atomic mass is 35.5. The van der Waals surface area contributed by atoms with Crippen LogP contribution in [0, 0.1) is 22.9 Å². The number of hydrogen-bond acceptors (Lipinski definition) is 6. The van der Waals surface area contributed by atoms with Crippen molar-refractivity contribution in [2.75, 3.05) is 5.32 Å². The minimum Gasteiger partial charge on any atom is -0.455 e. The maximum absolute atomic E-state index is 13.1. The van der Waals surface area contributed by atoms with Gasteiger partial charge >= 0.3 is 11.8 Å². The highest BCUT2D eigenvalue weighted by molar-refractivity contribution is 6.39. The van der Waals surface area contributed by atoms with Gasteiger partial charge in [-0.25, -0.2) is 9.82 Å². The first-order valence-corrected chi connectivity index (χ1v) is 9.07. The number of benzene rings is 2. The highest BCUT2D eigenvalue weighted by Crippen LogP contribution is 2.28. The minimum atomic E-state index is -1.06. The van der Waals surface area contributed by atoms with Crippen LogP contribution in [0.3, 0.4) is 0 Å². The fourth-order valence-corrected chi connectivity index (χ4v) is 2.75. The smallest absolute Gasteiger partial charge is 0.329 e. The summed E-state index contributed by atoms with van der Waals surface area (Å²) in [5.41, 5.74) is 3.46. The average Bonchev–Trinajstić information content (AvgIpc) is 3.19. The van der Waals surface area contributed by atoms with E-state index in [1.807, 2.05) is 5.43 Å². The lowest BCUT2D eigenvalue weighted by Crippen LogP contribution is -2.32. The lowest BCUT2D eigenvalue weighted by molar-refractivity contribution is -0.384. The maximum atomic E-state index is 13.1. The van der Waals surface area contributed by atoms with E-state index in [0.717, 1.165) is 12.1 Å². The van der Waals surface area contributed by atoms with Crippen molar-refractivity contribution in [2.45, 2.75) is 6.92 Å². The molecule has 9 nitrogen and oxygen atoms in total. The van der Waals surface area contributed by atoms with Gasteiger partial charge in [-0.1, -0.05) is 11.6 Å². The number of carbonyl (C=O) groups excluding carboxylic acids is 2. The van der Waals surface area contributed by atoms with Crippen LogP contribution in [0.2, 0.25) is 5.02 Å². The van der Waals surface area contributed by atoms with E-state index in [-0.39, 0.29) is 22.2 Å². The molecule has 3 rings (SSSR count). The largest absolute Gasteiger partial charge is 0.455 e. The van der Waals surface area contributed by atoms with E-state index in [4.69, 9.17) is 16.0 Å². The van der Waals surface area contributed by atoms with E-state index in [2.05, 4.69) is 10.4 Å². The second kappa shape index (κ2) is 9.18. The second-order valence-electron chi connectivity index (χ2n) is 6.24. The molecule has 1 heterocycles. The van der Waals surface area contributed by atoms with Gasteiger partial charge in [0.25, 0.3) is 5.69 Å². The van der Waals surface area contributed by atoms with E-state index >= 15 is 0 Å². The molecule has 0 saturated carbocycles. The van der Waals surface area contributed by atoms with Gasteiger partial charge in [-0.2, -0.15) is 5.10 Å². The fourth-order valence-electron chi connectivity index (χ4n) is 2.57. The van der Waals surface area contributed by atoms with Crippen LogP contribution in [0.5, 0.6) is 0 Å². The zero-order chi connectivity index (χ0) is 22.5. The van der Waals surface area contributed by atoms with Gasteiger partial charge in [-0.3, -0.25) is 19.7 Å². The normalized spacial score (nSPS) is 10.8. The van der Waals surface area contributed by atoms with Gasteiger partial charge in [0.15, 0.2) is 0 Å². The number of carbonyl (C=O) groups is 2. The Kier molecular flexibility index (Phi) is 6.41. The summed E-state index contributed by atoms with van der Waals surface area (Å²) in [6.45, 7) is 1.71. The number of hydrogen-bond donors (Lipinski definition) is 2. The number of halogens is 2. The van der Waals surface area contributed by atoms with Gasteiger partial charge in [0.2, 0.25) is 0 Å². The number of amides is 2. The Balaban J connectivity index is 1.61. The van der Waals surface area contributed by atoms with Crippen molar-refractivity contribution in [1.29, 1.82) is 0 Å². The number of nitro benzene ring substituents is 1. The van der Waals surface area contributed by atoms with Crippen LogP contribution >= 0.6 is 11.6 Å². The van der Waals surface area contributed by atoms with Gasteiger partial charge < -0.3 is 9.73 Å². The number of aryl methyl sites for hydroxylation is 1. The fraction of sp³-hybridized carbons (Fsp3) is 0.0500. The Morgan fingerprint density at radius 3 is 2.61 bits per heavy atom. The van der Waals surface area contributed by atoms with E-state index in [0.29, 0.717) is 16.9 Å². The molecule has 0 fully saturated rings. The van der Waals surface area contributed by atoms with Crippen molar-refractivity contribution in [3.63, 3.8) is 0 Å². The van der Waals surface area contributed by atoms with Crippen LogP contribution in [0.25, 0.3) is 11.3 Å². The first-order chi connectivity index (χ1) is 14.7. The molecule has 0 bridgehead atoms. The Hall–Kier alpha value is -4.05. The van der Waals surface area contributed by atoms with Crippen molar-refractivity contribution in [1.82, 2.24) is 5.43 Å². The van der Waals surface area contributed by atoms with Crippen LogP contribution in [0.1, 0.15) is 11.3 Å². The second-order valence-corrected chi connectivity index (χ2v) is 6.65. The van der Waals surface area contributed by atoms with Crippen LogP contribution in [0.4, 0.5) is 15.8 Å². The van der Waals surface area contributed by atoms with Gasteiger partial charge in [0.1, 0.15) is 17.3 Å². The lowest BCUT2D eigenvalue weighted by atomic mass is 10.1. The molecule has 0 aliphatic carbocycles. The number of hydrazone groups is 1. The van der Waals surface area contributed by atoms with Crippen molar-refractivity contribution in [3.05, 3.63) is 80.8 Å². The monoisotopic (exact) mass is 444 g/mol. The molecule has 0 atom stereocenters. The third-order valence-electron chi connectivity index (χ3n) is 4.05. The first-order valence-electron chi connectivity index (χ1n) is 8.69. The molecular formula is C20H14ClFN4O5. The summed E-state index contributed by atoms with van der Waals surface area (Å²) in [4.78, 5) is 34.0. The van der Waals surface area contributed by atoms with Gasteiger partial charge in [-0.15, -0.1) is 0 Å². The summed E-state index contributed by atoms with van der Waals surface area (Å²) in [5.74, 6) is -2.02. The Bertz CT molecular complexity index is 1210. The molecular weight excluding hydrogens is 431 g/mol. The third kappa shape index (κ3) is 5.31. The van der Waals surface area contributed by atoms with E-state index in [1.165, 1.54) is 24.4 Å². The summed E-state index contributed by atoms with van der Waals surface area (Å²) in [6, 6.07) is 11.0. The van der Waals surface area contributed by atoms with Gasteiger partial charge in [0.05, 0.1) is 16.2 Å². The molecule has 0 aliphatic rings. The van der Waals surface area contributed by atoms with Crippen LogP contribution in [0.15, 0.2) is 58.0 Å². The summed E-state index contributed by atoms with van der Waals surface area (Å²) >= 11 is 5.62. The summed E-state index contributed by atoms with van der Waals surface area (Å²) in [6.07, 6.45) is 1.18. The number of nitro groups is 1. The standard InChI is InChI=1S/C20H14ClFN4O5/c1-11-8-13(26(29)30)3-5-15(11)18-7-4-14(31-18)10-23-25-20(28)19(27)24-12-2-6-17(22)16(21)9-12/h2-10H,1H3,(H,24,27)(H,25,28)/b23-10+. The number of nitrogens with one attached hydrogen (secondary N) is 2. The zero-order valence-corrected chi connectivity index (χ0v) is 16.6. The Morgan fingerprint density at radius 2 is 1.94 bits per heavy atom. The molecule has 2 N–H and O–H groups in total. The van der Waals surface area contributed by atoms with Crippen molar-refractivity contribution >= 4 is 41.0 Å². The Morgan fingerprint density at radius 1 is 1.16 bits per heavy atom. The number of nitrogens with zero attached hydrogens (tertiary/aromatic N) is 2. The molecule has 3 aromatic rings. The van der Waals surface area contributed by atoms with Crippen LogP contribution in [-0.2, 0) is 9.59 Å². The minimum absolute atomic E-state index is 0.0292. The molecule has 31 heavy (non-hydrogen) atoms. The van der Waals surface area contributed by atoms with Gasteiger partial charge in [0, 0.05) is 23.4 Å². The number of rotatable bonds is 5. The molecule has 1 aromatic heterocycles. The molecule has 0 aliphatic heterocycles. The van der Waals surface area contributed by atoms with Crippen LogP contribution < -0.4 is 10.7 Å². The lowest BCUT2D eigenvalue weighted by Gasteiger charge is -2.04. The number of non-ortho nitro benzene ring substituents is 1. The van der Waals surface area contributed by atoms with Gasteiger partial charge in [-0.05, 0) is 48.9 Å². The van der Waals surface area contributed by atoms with E-state index < -0.39 is 22.6 Å². The molecule has 0 saturated heterocycles. The summed E-state index contributed by atoms with van der Waals surface area (Å²) in [7, 11) is 0. The quantitative estimate of drug-likeness (QED) is 0.265. The van der Waals surface area contributed by atoms with E-state index in [9.17, 15) is 24.1 Å². The third-order valence-corrected chi connectivity index (χ3v) is 4.34. The molecule has 11 heteroatoms. The predicted molar refractivity (Wildman–Crippen MR) is 111 cm³/mol. The predicted octanol–water partition coefficient (Wildman–Crippen LogP) is 4.04. The summed E-state index contributed by atoms with van der Waals surface area (Å²) in [5, 5.41) is 16.5.